The molecule has 0 radical (unpaired) electrons. The number of thioether (sulfide) groups is 1. The minimum atomic E-state index is -0.742. The van der Waals surface area contributed by atoms with Crippen molar-refractivity contribution in [3.8, 4) is 17.2 Å². The molecular formula is C18H18O4S. The lowest BCUT2D eigenvalue weighted by atomic mass is 9.88. The number of hydrogen-bond acceptors (Lipinski definition) is 5. The van der Waals surface area contributed by atoms with Crippen molar-refractivity contribution in [1.29, 1.82) is 0 Å². The van der Waals surface area contributed by atoms with E-state index in [1.807, 2.05) is 30.5 Å². The maximum atomic E-state index is 13.2. The molecule has 0 saturated carbocycles. The molecule has 0 aliphatic carbocycles. The van der Waals surface area contributed by atoms with Crippen LogP contribution < -0.4 is 14.2 Å². The Bertz CT molecular complexity index is 726. The topological polar surface area (TPSA) is 44.8 Å². The van der Waals surface area contributed by atoms with Gasteiger partial charge in [0, 0.05) is 6.07 Å². The fourth-order valence-corrected chi connectivity index (χ4v) is 3.59. The van der Waals surface area contributed by atoms with Gasteiger partial charge in [0.25, 0.3) is 0 Å². The van der Waals surface area contributed by atoms with E-state index < -0.39 is 4.75 Å². The Labute approximate surface area is 139 Å². The summed E-state index contributed by atoms with van der Waals surface area (Å²) in [5, 5.41) is 0. The van der Waals surface area contributed by atoms with Gasteiger partial charge in [0.05, 0.1) is 19.8 Å². The summed E-state index contributed by atoms with van der Waals surface area (Å²) in [4.78, 5) is 13.2. The molecule has 23 heavy (non-hydrogen) atoms. The lowest BCUT2D eigenvalue weighted by molar-refractivity contribution is 0.0867. The largest absolute Gasteiger partial charge is 0.497 e. The van der Waals surface area contributed by atoms with Crippen molar-refractivity contribution in [3.63, 3.8) is 0 Å². The van der Waals surface area contributed by atoms with E-state index in [0.29, 0.717) is 23.7 Å². The summed E-state index contributed by atoms with van der Waals surface area (Å²) < 4.78 is 15.5. The van der Waals surface area contributed by atoms with Gasteiger partial charge in [0.15, 0.2) is 5.78 Å². The first-order valence-corrected chi connectivity index (χ1v) is 8.42. The van der Waals surface area contributed by atoms with Gasteiger partial charge in [-0.3, -0.25) is 4.79 Å². The maximum absolute atomic E-state index is 13.2. The average Bonchev–Trinajstić information content (AvgIpc) is 2.62. The first-order valence-electron chi connectivity index (χ1n) is 7.20. The molecule has 0 spiro atoms. The third-order valence-electron chi connectivity index (χ3n) is 4.14. The van der Waals surface area contributed by atoms with Crippen molar-refractivity contribution in [2.24, 2.45) is 0 Å². The van der Waals surface area contributed by atoms with Crippen molar-refractivity contribution in [2.75, 3.05) is 27.1 Å². The predicted octanol–water partition coefficient (Wildman–Crippen LogP) is 3.54. The highest BCUT2D eigenvalue weighted by Gasteiger charge is 2.45. The normalized spacial score (nSPS) is 19.7. The number of Topliss-reactive ketones (excluding diaryl/α,β-unsaturated/α-hetero) is 1. The number of rotatable bonds is 4. The summed E-state index contributed by atoms with van der Waals surface area (Å²) in [6.07, 6.45) is 1.93. The van der Waals surface area contributed by atoms with Gasteiger partial charge in [-0.25, -0.2) is 0 Å². The third-order valence-corrected chi connectivity index (χ3v) is 5.37. The molecule has 2 aromatic carbocycles. The van der Waals surface area contributed by atoms with Crippen molar-refractivity contribution >= 4 is 17.5 Å². The second kappa shape index (κ2) is 6.16. The van der Waals surface area contributed by atoms with Crippen LogP contribution in [0.3, 0.4) is 0 Å². The molecule has 1 atom stereocenters. The standard InChI is InChI=1S/C18H18O4S/c1-20-13-6-4-12(5-7-13)18(23-3)11-22-16-10-14(21-2)8-9-15(16)17(18)19/h4-10H,11H2,1-3H3/t18-/m1/s1. The second-order valence-electron chi connectivity index (χ2n) is 5.24. The number of hydrogen-bond donors (Lipinski definition) is 0. The van der Waals surface area contributed by atoms with E-state index >= 15 is 0 Å². The van der Waals surface area contributed by atoms with E-state index in [4.69, 9.17) is 14.2 Å². The van der Waals surface area contributed by atoms with Crippen molar-refractivity contribution < 1.29 is 19.0 Å². The van der Waals surface area contributed by atoms with Gasteiger partial charge in [-0.15, -0.1) is 11.8 Å². The van der Waals surface area contributed by atoms with Crippen LogP contribution in [0.2, 0.25) is 0 Å². The van der Waals surface area contributed by atoms with Gasteiger partial charge in [-0.2, -0.15) is 0 Å². The highest BCUT2D eigenvalue weighted by atomic mass is 32.2. The van der Waals surface area contributed by atoms with E-state index in [0.717, 1.165) is 11.3 Å². The third kappa shape index (κ3) is 2.55. The summed E-state index contributed by atoms with van der Waals surface area (Å²) in [6, 6.07) is 12.9. The Hall–Kier alpha value is -2.14. The molecule has 0 aromatic heterocycles. The van der Waals surface area contributed by atoms with Gasteiger partial charge in [-0.1, -0.05) is 12.1 Å². The highest BCUT2D eigenvalue weighted by molar-refractivity contribution is 8.00. The van der Waals surface area contributed by atoms with Crippen LogP contribution in [0, 0.1) is 0 Å². The van der Waals surface area contributed by atoms with Crippen molar-refractivity contribution in [2.45, 2.75) is 4.75 Å². The summed E-state index contributed by atoms with van der Waals surface area (Å²) >= 11 is 1.49. The molecule has 2 aromatic rings. The smallest absolute Gasteiger partial charge is 0.190 e. The van der Waals surface area contributed by atoms with Gasteiger partial charge in [0.1, 0.15) is 28.6 Å². The van der Waals surface area contributed by atoms with Crippen LogP contribution >= 0.6 is 11.8 Å². The molecular weight excluding hydrogens is 312 g/mol. The highest BCUT2D eigenvalue weighted by Crippen LogP contribution is 2.44. The Morgan fingerprint density at radius 2 is 1.70 bits per heavy atom. The minimum absolute atomic E-state index is 0.0547. The fourth-order valence-electron chi connectivity index (χ4n) is 2.74. The van der Waals surface area contributed by atoms with Gasteiger partial charge < -0.3 is 14.2 Å². The van der Waals surface area contributed by atoms with E-state index in [1.54, 1.807) is 32.4 Å². The number of methoxy groups -OCH3 is 2. The van der Waals surface area contributed by atoms with E-state index in [2.05, 4.69) is 0 Å². The van der Waals surface area contributed by atoms with Crippen LogP contribution in [0.25, 0.3) is 0 Å². The minimum Gasteiger partial charge on any atom is -0.497 e. The second-order valence-corrected chi connectivity index (χ2v) is 6.34. The number of carbonyl (C=O) groups excluding carboxylic acids is 1. The molecule has 1 aliphatic heterocycles. The fraction of sp³-hybridized carbons (Fsp3) is 0.278. The predicted molar refractivity (Wildman–Crippen MR) is 91.0 cm³/mol. The molecule has 5 heteroatoms. The van der Waals surface area contributed by atoms with E-state index in [1.165, 1.54) is 11.8 Å². The molecule has 0 saturated heterocycles. The van der Waals surface area contributed by atoms with Crippen molar-refractivity contribution in [1.82, 2.24) is 0 Å². The maximum Gasteiger partial charge on any atom is 0.190 e. The number of ether oxygens (including phenoxy) is 3. The Balaban J connectivity index is 2.04. The molecule has 120 valence electrons. The number of carbonyl (C=O) groups is 1. The van der Waals surface area contributed by atoms with Gasteiger partial charge >= 0.3 is 0 Å². The van der Waals surface area contributed by atoms with Gasteiger partial charge in [0.2, 0.25) is 0 Å². The lowest BCUT2D eigenvalue weighted by Crippen LogP contribution is -2.42. The molecule has 0 unspecified atom stereocenters. The molecule has 0 bridgehead atoms. The zero-order valence-electron chi connectivity index (χ0n) is 13.3. The zero-order valence-corrected chi connectivity index (χ0v) is 14.1. The number of fused-ring (bicyclic) bond motifs is 1. The van der Waals surface area contributed by atoms with Crippen LogP contribution in [-0.2, 0) is 4.75 Å². The summed E-state index contributed by atoms with van der Waals surface area (Å²) in [5.41, 5.74) is 1.50. The first-order chi connectivity index (χ1) is 11.1. The lowest BCUT2D eigenvalue weighted by Gasteiger charge is -2.35. The quantitative estimate of drug-likeness (QED) is 0.858. The van der Waals surface area contributed by atoms with E-state index in [-0.39, 0.29) is 5.78 Å². The average molecular weight is 330 g/mol. The summed E-state index contributed by atoms with van der Waals surface area (Å²) in [6.45, 7) is 0.291. The SMILES string of the molecule is COc1ccc([C@]2(SC)COc3cc(OC)ccc3C2=O)cc1. The molecule has 0 amide bonds. The van der Waals surface area contributed by atoms with Crippen LogP contribution in [-0.4, -0.2) is 32.9 Å². The Morgan fingerprint density at radius 1 is 1.04 bits per heavy atom. The summed E-state index contributed by atoms with van der Waals surface area (Å²) in [7, 11) is 3.22. The molecule has 1 aliphatic rings. The molecule has 0 fully saturated rings. The monoisotopic (exact) mass is 330 g/mol. The Morgan fingerprint density at radius 3 is 2.30 bits per heavy atom. The molecule has 1 heterocycles. The van der Waals surface area contributed by atoms with E-state index in [9.17, 15) is 4.79 Å². The summed E-state index contributed by atoms with van der Waals surface area (Å²) in [5.74, 6) is 2.07. The zero-order chi connectivity index (χ0) is 16.4. The van der Waals surface area contributed by atoms with Crippen LogP contribution in [0.15, 0.2) is 42.5 Å². The number of ketones is 1. The molecule has 3 rings (SSSR count). The number of benzene rings is 2. The van der Waals surface area contributed by atoms with Crippen LogP contribution in [0.5, 0.6) is 17.2 Å². The molecule has 4 nitrogen and oxygen atoms in total. The molecule has 0 N–H and O–H groups in total. The van der Waals surface area contributed by atoms with Crippen molar-refractivity contribution in [3.05, 3.63) is 53.6 Å². The van der Waals surface area contributed by atoms with Crippen LogP contribution in [0.4, 0.5) is 0 Å². The van der Waals surface area contributed by atoms with Gasteiger partial charge in [-0.05, 0) is 36.1 Å². The first kappa shape index (κ1) is 15.7. The van der Waals surface area contributed by atoms with Crippen LogP contribution in [0.1, 0.15) is 15.9 Å². The Kier molecular flexibility index (Phi) is 4.22.